The van der Waals surface area contributed by atoms with E-state index in [1.165, 1.54) is 33.1 Å². The molecule has 0 bridgehead atoms. The highest BCUT2D eigenvalue weighted by atomic mass is 16.7. The van der Waals surface area contributed by atoms with Crippen molar-refractivity contribution < 1.29 is 68.0 Å². The normalized spacial score (nSPS) is 23.9. The minimum atomic E-state index is -1.91. The second kappa shape index (κ2) is 15.2. The van der Waals surface area contributed by atoms with Gasteiger partial charge in [0.2, 0.25) is 0 Å². The second-order valence-electron chi connectivity index (χ2n) is 12.8. The maximum Gasteiger partial charge on any atom is 0.336 e. The molecular weight excluding hydrogens is 636 g/mol. The molecule has 264 valence electrons. The fourth-order valence-corrected chi connectivity index (χ4v) is 5.23. The van der Waals surface area contributed by atoms with Crippen LogP contribution in [0, 0.1) is 0 Å². The standard InChI is InChI=1S/C33H42O15/c1-17(9-11-44-30-18-6-8-24(34)46-21(18)13-20-19(30)10-12-43-20)5-7-23(32(2,3)41)48-26(36)15-33(4,42)14-25(35)45-16-22-27(37)28(38)29(39)31(40)47-22/h6,8-10,12-13,22-23,27-29,31,37-42H,5,7,11,14-16H2,1-4H3/b17-9+/t22-,23-,27-,28+,29-,31-,33?/m1/s1. The molecule has 2 aromatic heterocycles. The van der Waals surface area contributed by atoms with Gasteiger partial charge in [0, 0.05) is 12.1 Å². The molecule has 15 heteroatoms. The van der Waals surface area contributed by atoms with Crippen LogP contribution in [-0.2, 0) is 23.8 Å². The van der Waals surface area contributed by atoms with E-state index in [1.54, 1.807) is 18.2 Å². The summed E-state index contributed by atoms with van der Waals surface area (Å²) < 4.78 is 32.2. The van der Waals surface area contributed by atoms with Crippen molar-refractivity contribution in [1.82, 2.24) is 0 Å². The van der Waals surface area contributed by atoms with Crippen LogP contribution in [0.5, 0.6) is 5.75 Å². The van der Waals surface area contributed by atoms with E-state index < -0.39 is 85.0 Å². The molecule has 6 N–H and O–H groups in total. The van der Waals surface area contributed by atoms with Gasteiger partial charge in [0.1, 0.15) is 60.6 Å². The first-order valence-electron chi connectivity index (χ1n) is 15.4. The van der Waals surface area contributed by atoms with E-state index in [0.29, 0.717) is 34.1 Å². The Balaban J connectivity index is 1.28. The van der Waals surface area contributed by atoms with E-state index in [2.05, 4.69) is 0 Å². The highest BCUT2D eigenvalue weighted by Gasteiger charge is 2.43. The molecule has 0 saturated carbocycles. The van der Waals surface area contributed by atoms with Crippen molar-refractivity contribution in [3.8, 4) is 5.75 Å². The third kappa shape index (κ3) is 9.41. The van der Waals surface area contributed by atoms with Crippen LogP contribution in [0.4, 0.5) is 0 Å². The van der Waals surface area contributed by atoms with E-state index in [0.717, 1.165) is 5.57 Å². The van der Waals surface area contributed by atoms with Crippen LogP contribution >= 0.6 is 0 Å². The first-order valence-corrected chi connectivity index (χ1v) is 15.4. The Morgan fingerprint density at radius 3 is 2.35 bits per heavy atom. The summed E-state index contributed by atoms with van der Waals surface area (Å²) in [6.07, 6.45) is -6.56. The molecule has 1 aliphatic rings. The number of carbonyl (C=O) groups is 2. The van der Waals surface area contributed by atoms with Gasteiger partial charge in [-0.2, -0.15) is 0 Å². The number of furan rings is 1. The highest BCUT2D eigenvalue weighted by molar-refractivity contribution is 6.01. The number of benzene rings is 1. The second-order valence-corrected chi connectivity index (χ2v) is 12.8. The van der Waals surface area contributed by atoms with Gasteiger partial charge in [0.05, 0.1) is 41.1 Å². The SMILES string of the molecule is C/C(=C\COc1c2ccoc2cc2oc(=O)ccc12)CC[C@@H](OC(=O)CC(C)(O)CC(=O)OC[C@H]1O[C@@H](O)[C@H](O)[C@@H](O)[C@@H]1O)C(C)(C)O. The number of hydrogen-bond donors (Lipinski definition) is 6. The number of carbonyl (C=O) groups excluding carboxylic acids is 2. The van der Waals surface area contributed by atoms with E-state index in [4.69, 9.17) is 27.8 Å². The molecule has 1 aromatic carbocycles. The van der Waals surface area contributed by atoms with Crippen molar-refractivity contribution in [2.45, 2.75) is 101 Å². The molecular formula is C33H42O15. The van der Waals surface area contributed by atoms with Crippen LogP contribution in [0.1, 0.15) is 53.4 Å². The van der Waals surface area contributed by atoms with Gasteiger partial charge in [0.15, 0.2) is 6.29 Å². The smallest absolute Gasteiger partial charge is 0.336 e. The lowest BCUT2D eigenvalue weighted by Gasteiger charge is -2.38. The van der Waals surface area contributed by atoms with Crippen molar-refractivity contribution in [2.24, 2.45) is 0 Å². The molecule has 0 radical (unpaired) electrons. The van der Waals surface area contributed by atoms with Crippen LogP contribution in [-0.4, -0.2) is 104 Å². The molecule has 3 heterocycles. The zero-order valence-corrected chi connectivity index (χ0v) is 27.0. The number of allylic oxidation sites excluding steroid dienone is 1. The Kier molecular flexibility index (Phi) is 11.7. The fraction of sp³-hybridized carbons (Fsp3) is 0.545. The summed E-state index contributed by atoms with van der Waals surface area (Å²) in [7, 11) is 0. The van der Waals surface area contributed by atoms with Crippen molar-refractivity contribution in [2.75, 3.05) is 13.2 Å². The lowest BCUT2D eigenvalue weighted by molar-refractivity contribution is -0.287. The highest BCUT2D eigenvalue weighted by Crippen LogP contribution is 2.35. The topological polar surface area (TPSA) is 236 Å². The van der Waals surface area contributed by atoms with E-state index in [-0.39, 0.29) is 13.0 Å². The molecule has 0 spiro atoms. The van der Waals surface area contributed by atoms with Crippen molar-refractivity contribution in [3.63, 3.8) is 0 Å². The van der Waals surface area contributed by atoms with Crippen LogP contribution in [0.15, 0.2) is 55.8 Å². The van der Waals surface area contributed by atoms with Crippen molar-refractivity contribution in [3.05, 3.63) is 52.6 Å². The monoisotopic (exact) mass is 678 g/mol. The van der Waals surface area contributed by atoms with Gasteiger partial charge >= 0.3 is 17.6 Å². The number of ether oxygens (including phenoxy) is 4. The van der Waals surface area contributed by atoms with E-state index >= 15 is 0 Å². The summed E-state index contributed by atoms with van der Waals surface area (Å²) in [5.74, 6) is -1.36. The molecule has 1 aliphatic heterocycles. The zero-order valence-electron chi connectivity index (χ0n) is 27.0. The average Bonchev–Trinajstić information content (AvgIpc) is 3.46. The van der Waals surface area contributed by atoms with Crippen LogP contribution < -0.4 is 10.4 Å². The Morgan fingerprint density at radius 2 is 1.65 bits per heavy atom. The summed E-state index contributed by atoms with van der Waals surface area (Å²) in [5.41, 5.74) is -2.17. The lowest BCUT2D eigenvalue weighted by Crippen LogP contribution is -2.58. The van der Waals surface area contributed by atoms with Crippen LogP contribution in [0.2, 0.25) is 0 Å². The first-order chi connectivity index (χ1) is 22.4. The summed E-state index contributed by atoms with van der Waals surface area (Å²) in [4.78, 5) is 36.8. The molecule has 0 aliphatic carbocycles. The summed E-state index contributed by atoms with van der Waals surface area (Å²) in [6.45, 7) is 5.58. The zero-order chi connectivity index (χ0) is 35.4. The molecule has 3 aromatic rings. The molecule has 15 nitrogen and oxygen atoms in total. The average molecular weight is 679 g/mol. The third-order valence-electron chi connectivity index (χ3n) is 7.98. The molecule has 4 rings (SSSR count). The first kappa shape index (κ1) is 37.0. The van der Waals surface area contributed by atoms with Gasteiger partial charge in [0.25, 0.3) is 0 Å². The third-order valence-corrected chi connectivity index (χ3v) is 7.98. The molecule has 48 heavy (non-hydrogen) atoms. The molecule has 7 atom stereocenters. The molecule has 0 amide bonds. The number of esters is 2. The summed E-state index contributed by atoms with van der Waals surface area (Å²) in [6, 6.07) is 6.29. The maximum absolute atomic E-state index is 12.8. The van der Waals surface area contributed by atoms with Crippen molar-refractivity contribution >= 4 is 33.9 Å². The molecule has 1 fully saturated rings. The lowest BCUT2D eigenvalue weighted by atomic mass is 9.94. The minimum absolute atomic E-state index is 0.158. The van der Waals surface area contributed by atoms with Gasteiger partial charge in [-0.05, 0) is 58.7 Å². The number of aliphatic hydroxyl groups is 6. The van der Waals surface area contributed by atoms with E-state index in [9.17, 15) is 45.0 Å². The van der Waals surface area contributed by atoms with Gasteiger partial charge < -0.3 is 58.4 Å². The minimum Gasteiger partial charge on any atom is -0.488 e. The number of hydrogen-bond acceptors (Lipinski definition) is 15. The largest absolute Gasteiger partial charge is 0.488 e. The number of rotatable bonds is 14. The van der Waals surface area contributed by atoms with Gasteiger partial charge in [-0.1, -0.05) is 5.57 Å². The Hall–Kier alpha value is -3.83. The summed E-state index contributed by atoms with van der Waals surface area (Å²) in [5, 5.41) is 61.6. The van der Waals surface area contributed by atoms with Gasteiger partial charge in [-0.3, -0.25) is 9.59 Å². The Morgan fingerprint density at radius 1 is 0.958 bits per heavy atom. The Bertz CT molecular complexity index is 1660. The Labute approximate surface area is 274 Å². The van der Waals surface area contributed by atoms with Gasteiger partial charge in [-0.25, -0.2) is 4.79 Å². The van der Waals surface area contributed by atoms with E-state index in [1.807, 2.05) is 13.0 Å². The number of aliphatic hydroxyl groups excluding tert-OH is 4. The van der Waals surface area contributed by atoms with Crippen LogP contribution in [0.25, 0.3) is 21.9 Å². The molecule has 1 saturated heterocycles. The maximum atomic E-state index is 12.8. The predicted octanol–water partition coefficient (Wildman–Crippen LogP) is 1.20. The quantitative estimate of drug-likeness (QED) is 0.0798. The van der Waals surface area contributed by atoms with Crippen LogP contribution in [0.3, 0.4) is 0 Å². The fourth-order valence-electron chi connectivity index (χ4n) is 5.23. The molecule has 1 unspecified atom stereocenters. The van der Waals surface area contributed by atoms with Crippen molar-refractivity contribution in [1.29, 1.82) is 0 Å². The summed E-state index contributed by atoms with van der Waals surface area (Å²) >= 11 is 0. The predicted molar refractivity (Wildman–Crippen MR) is 167 cm³/mol. The van der Waals surface area contributed by atoms with Gasteiger partial charge in [-0.15, -0.1) is 0 Å². The number of fused-ring (bicyclic) bond motifs is 2.